The summed E-state index contributed by atoms with van der Waals surface area (Å²) in [5.74, 6) is 0.108. The molecule has 5 nitrogen and oxygen atoms in total. The topological polar surface area (TPSA) is 52.7 Å². The largest absolute Gasteiger partial charge is 0.353 e. The summed E-state index contributed by atoms with van der Waals surface area (Å²) < 4.78 is 0. The van der Waals surface area contributed by atoms with Gasteiger partial charge in [0, 0.05) is 33.2 Å². The predicted octanol–water partition coefficient (Wildman–Crippen LogP) is 0.659. The highest BCUT2D eigenvalue weighted by molar-refractivity contribution is 5.81. The van der Waals surface area contributed by atoms with E-state index in [1.165, 1.54) is 0 Å². The molecule has 1 aliphatic carbocycles. The number of likely N-dealkylation sites (tertiary alicyclic amines) is 1. The van der Waals surface area contributed by atoms with Gasteiger partial charge in [0.15, 0.2) is 0 Å². The van der Waals surface area contributed by atoms with Gasteiger partial charge in [-0.25, -0.2) is 4.79 Å². The highest BCUT2D eigenvalue weighted by atomic mass is 16.2. The van der Waals surface area contributed by atoms with Gasteiger partial charge in [-0.15, -0.1) is 0 Å². The Bertz CT molecular complexity index is 313. The SMILES string of the molecule is CN(C)C(=O)N1CCCC(C(=O)NC2CC2)C1. The highest BCUT2D eigenvalue weighted by Crippen LogP contribution is 2.22. The molecule has 2 rings (SSSR count). The van der Waals surface area contributed by atoms with Crippen LogP contribution < -0.4 is 5.32 Å². The van der Waals surface area contributed by atoms with Crippen LogP contribution in [-0.4, -0.2) is 55.0 Å². The second-order valence-corrected chi connectivity index (χ2v) is 5.25. The van der Waals surface area contributed by atoms with Gasteiger partial charge in [0.25, 0.3) is 0 Å². The Morgan fingerprint density at radius 3 is 2.53 bits per heavy atom. The summed E-state index contributed by atoms with van der Waals surface area (Å²) in [6.07, 6.45) is 4.04. The normalized spacial score (nSPS) is 24.4. The highest BCUT2D eigenvalue weighted by Gasteiger charge is 2.32. The van der Waals surface area contributed by atoms with Gasteiger partial charge in [0.1, 0.15) is 0 Å². The van der Waals surface area contributed by atoms with E-state index in [2.05, 4.69) is 5.32 Å². The van der Waals surface area contributed by atoms with Crippen LogP contribution in [0.4, 0.5) is 4.79 Å². The minimum Gasteiger partial charge on any atom is -0.353 e. The van der Waals surface area contributed by atoms with E-state index in [1.54, 1.807) is 23.9 Å². The van der Waals surface area contributed by atoms with Crippen molar-refractivity contribution in [3.05, 3.63) is 0 Å². The molecule has 0 bridgehead atoms. The number of rotatable bonds is 2. The van der Waals surface area contributed by atoms with Gasteiger partial charge in [-0.1, -0.05) is 0 Å². The molecule has 5 heteroatoms. The molecule has 1 N–H and O–H groups in total. The molecule has 0 aromatic heterocycles. The van der Waals surface area contributed by atoms with Crippen molar-refractivity contribution in [1.82, 2.24) is 15.1 Å². The Labute approximate surface area is 102 Å². The number of carbonyl (C=O) groups is 2. The van der Waals surface area contributed by atoms with Gasteiger partial charge in [-0.05, 0) is 25.7 Å². The lowest BCUT2D eigenvalue weighted by Gasteiger charge is -2.33. The molecule has 17 heavy (non-hydrogen) atoms. The van der Waals surface area contributed by atoms with E-state index >= 15 is 0 Å². The molecule has 1 saturated carbocycles. The number of carbonyl (C=O) groups excluding carboxylic acids is 2. The van der Waals surface area contributed by atoms with Crippen molar-refractivity contribution in [2.45, 2.75) is 31.7 Å². The summed E-state index contributed by atoms with van der Waals surface area (Å²) in [5, 5.41) is 3.02. The summed E-state index contributed by atoms with van der Waals surface area (Å²) >= 11 is 0. The van der Waals surface area contributed by atoms with Gasteiger partial charge in [0.2, 0.25) is 5.91 Å². The Balaban J connectivity index is 1.87. The standard InChI is InChI=1S/C12H21N3O2/c1-14(2)12(17)15-7-3-4-9(8-15)11(16)13-10-5-6-10/h9-10H,3-8H2,1-2H3,(H,13,16). The molecule has 1 saturated heterocycles. The fraction of sp³-hybridized carbons (Fsp3) is 0.833. The molecule has 1 heterocycles. The molecule has 0 aromatic carbocycles. The summed E-state index contributed by atoms with van der Waals surface area (Å²) in [6, 6.07) is 0.413. The predicted molar refractivity (Wildman–Crippen MR) is 64.5 cm³/mol. The lowest BCUT2D eigenvalue weighted by molar-refractivity contribution is -0.126. The number of nitrogens with one attached hydrogen (secondary N) is 1. The Morgan fingerprint density at radius 2 is 1.94 bits per heavy atom. The van der Waals surface area contributed by atoms with Crippen molar-refractivity contribution in [2.24, 2.45) is 5.92 Å². The van der Waals surface area contributed by atoms with Crippen molar-refractivity contribution in [3.63, 3.8) is 0 Å². The monoisotopic (exact) mass is 239 g/mol. The zero-order valence-corrected chi connectivity index (χ0v) is 10.6. The third-order valence-electron chi connectivity index (χ3n) is 3.37. The Morgan fingerprint density at radius 1 is 1.24 bits per heavy atom. The molecular weight excluding hydrogens is 218 g/mol. The van der Waals surface area contributed by atoms with Crippen LogP contribution in [0.3, 0.4) is 0 Å². The zero-order valence-electron chi connectivity index (χ0n) is 10.6. The van der Waals surface area contributed by atoms with E-state index < -0.39 is 0 Å². The molecule has 0 spiro atoms. The third-order valence-corrected chi connectivity index (χ3v) is 3.37. The molecule has 0 radical (unpaired) electrons. The van der Waals surface area contributed by atoms with E-state index in [4.69, 9.17) is 0 Å². The second kappa shape index (κ2) is 4.94. The first-order valence-corrected chi connectivity index (χ1v) is 6.34. The van der Waals surface area contributed by atoms with Crippen LogP contribution in [0.25, 0.3) is 0 Å². The van der Waals surface area contributed by atoms with Crippen LogP contribution in [0.5, 0.6) is 0 Å². The molecule has 1 atom stereocenters. The summed E-state index contributed by atoms with van der Waals surface area (Å²) in [4.78, 5) is 27.1. The first-order chi connectivity index (χ1) is 8.08. The van der Waals surface area contributed by atoms with Crippen LogP contribution in [0.2, 0.25) is 0 Å². The first-order valence-electron chi connectivity index (χ1n) is 6.34. The van der Waals surface area contributed by atoms with Crippen LogP contribution in [0, 0.1) is 5.92 Å². The van der Waals surface area contributed by atoms with E-state index in [-0.39, 0.29) is 17.9 Å². The average molecular weight is 239 g/mol. The maximum Gasteiger partial charge on any atom is 0.319 e. The average Bonchev–Trinajstić information content (AvgIpc) is 3.12. The van der Waals surface area contributed by atoms with Gasteiger partial charge >= 0.3 is 6.03 Å². The van der Waals surface area contributed by atoms with Crippen molar-refractivity contribution in [1.29, 1.82) is 0 Å². The van der Waals surface area contributed by atoms with Crippen molar-refractivity contribution in [3.8, 4) is 0 Å². The third kappa shape index (κ3) is 3.11. The molecule has 2 fully saturated rings. The van der Waals surface area contributed by atoms with Crippen molar-refractivity contribution < 1.29 is 9.59 Å². The molecule has 1 unspecified atom stereocenters. The van der Waals surface area contributed by atoms with Crippen LogP contribution in [0.1, 0.15) is 25.7 Å². The number of nitrogens with zero attached hydrogens (tertiary/aromatic N) is 2. The fourth-order valence-electron chi connectivity index (χ4n) is 2.19. The van der Waals surface area contributed by atoms with Gasteiger partial charge in [-0.3, -0.25) is 4.79 Å². The number of urea groups is 1. The number of hydrogen-bond acceptors (Lipinski definition) is 2. The molecule has 3 amide bonds. The zero-order chi connectivity index (χ0) is 12.4. The van der Waals surface area contributed by atoms with E-state index in [0.717, 1.165) is 32.2 Å². The molecular formula is C12H21N3O2. The number of hydrogen-bond donors (Lipinski definition) is 1. The summed E-state index contributed by atoms with van der Waals surface area (Å²) in [6.45, 7) is 1.33. The Kier molecular flexibility index (Phi) is 3.54. The van der Waals surface area contributed by atoms with Gasteiger partial charge in [-0.2, -0.15) is 0 Å². The second-order valence-electron chi connectivity index (χ2n) is 5.25. The number of piperidine rings is 1. The minimum atomic E-state index is -0.0201. The van der Waals surface area contributed by atoms with E-state index in [1.807, 2.05) is 0 Å². The lowest BCUT2D eigenvalue weighted by Crippen LogP contribution is -2.48. The van der Waals surface area contributed by atoms with Crippen LogP contribution in [0.15, 0.2) is 0 Å². The maximum atomic E-state index is 11.9. The quantitative estimate of drug-likeness (QED) is 0.769. The maximum absolute atomic E-state index is 11.9. The van der Waals surface area contributed by atoms with E-state index in [0.29, 0.717) is 12.6 Å². The number of amides is 3. The summed E-state index contributed by atoms with van der Waals surface area (Å²) in [5.41, 5.74) is 0. The van der Waals surface area contributed by atoms with Crippen molar-refractivity contribution >= 4 is 11.9 Å². The molecule has 2 aliphatic rings. The fourth-order valence-corrected chi connectivity index (χ4v) is 2.19. The van der Waals surface area contributed by atoms with E-state index in [9.17, 15) is 9.59 Å². The summed E-state index contributed by atoms with van der Waals surface area (Å²) in [7, 11) is 3.49. The first kappa shape index (κ1) is 12.2. The van der Waals surface area contributed by atoms with Crippen LogP contribution in [-0.2, 0) is 4.79 Å². The van der Waals surface area contributed by atoms with Crippen LogP contribution >= 0.6 is 0 Å². The molecule has 1 aliphatic heterocycles. The minimum absolute atomic E-state index is 0.00826. The van der Waals surface area contributed by atoms with Gasteiger partial charge < -0.3 is 15.1 Å². The molecule has 0 aromatic rings. The lowest BCUT2D eigenvalue weighted by atomic mass is 9.97. The molecule has 96 valence electrons. The van der Waals surface area contributed by atoms with Gasteiger partial charge in [0.05, 0.1) is 5.92 Å². The van der Waals surface area contributed by atoms with Crippen molar-refractivity contribution in [2.75, 3.05) is 27.2 Å². The Hall–Kier alpha value is -1.26. The smallest absolute Gasteiger partial charge is 0.319 e.